The van der Waals surface area contributed by atoms with Crippen molar-refractivity contribution in [1.82, 2.24) is 14.7 Å². The van der Waals surface area contributed by atoms with Gasteiger partial charge < -0.3 is 58.4 Å². The van der Waals surface area contributed by atoms with Crippen molar-refractivity contribution in [3.63, 3.8) is 0 Å². The number of fused-ring (bicyclic) bond motifs is 3. The Morgan fingerprint density at radius 2 is 0.711 bits per heavy atom. The minimum absolute atomic E-state index is 0.0205. The number of phenols is 3. The van der Waals surface area contributed by atoms with Gasteiger partial charge in [-0.3, -0.25) is 14.4 Å². The third-order valence-corrected chi connectivity index (χ3v) is 18.6. The number of aromatic hydroxyl groups is 3. The number of piperidine rings is 3. The van der Waals surface area contributed by atoms with Crippen LogP contribution in [-0.4, -0.2) is 153 Å². The Bertz CT molecular complexity index is 2590. The molecule has 3 aromatic rings. The number of ketones is 3. The summed E-state index contributed by atoms with van der Waals surface area (Å²) in [5.41, 5.74) is 5.05. The predicted molar refractivity (Wildman–Crippen MR) is 289 cm³/mol. The Labute approximate surface area is 460 Å². The monoisotopic (exact) mass is 1110 g/mol. The summed E-state index contributed by atoms with van der Waals surface area (Å²) in [5, 5.41) is 32.6. The number of nitrogens with zero attached hydrogens (tertiary/aromatic N) is 3. The zero-order valence-corrected chi connectivity index (χ0v) is 47.0. The number of carbonyl (C=O) groups is 3. The molecule has 0 spiro atoms. The summed E-state index contributed by atoms with van der Waals surface area (Å²) in [7, 11) is 15.8. The van der Waals surface area contributed by atoms with Crippen molar-refractivity contribution in [2.45, 2.75) is 96.5 Å². The number of carbonyl (C=O) groups excluding carboxylic acids is 3. The molecule has 9 atom stereocenters. The molecular weight excluding hydrogens is 1040 g/mol. The fourth-order valence-electron chi connectivity index (χ4n) is 15.1. The van der Waals surface area contributed by atoms with Crippen LogP contribution in [0.1, 0.15) is 71.9 Å². The number of likely N-dealkylation sites (tertiary alicyclic amines) is 3. The number of alkyl halides is 3. The second kappa shape index (κ2) is 21.6. The zero-order chi connectivity index (χ0) is 54.8. The predicted octanol–water partition coefficient (Wildman–Crippen LogP) is 8.04. The van der Waals surface area contributed by atoms with Gasteiger partial charge in [0.1, 0.15) is 0 Å². The van der Waals surface area contributed by atoms with Crippen molar-refractivity contribution in [2.24, 2.45) is 17.8 Å². The molecule has 0 radical (unpaired) electrons. The first-order valence-corrected chi connectivity index (χ1v) is 27.2. The molecule has 3 saturated heterocycles. The van der Waals surface area contributed by atoms with Crippen molar-refractivity contribution >= 4 is 52.2 Å². The number of ether oxygens (including phenoxy) is 6. The van der Waals surface area contributed by atoms with Crippen LogP contribution in [0.25, 0.3) is 0 Å². The van der Waals surface area contributed by atoms with Gasteiger partial charge in [0.2, 0.25) is 0 Å². The van der Waals surface area contributed by atoms with Crippen molar-refractivity contribution in [1.29, 1.82) is 0 Å². The molecule has 15 nitrogen and oxygen atoms in total. The average molecular weight is 1110 g/mol. The molecule has 0 aromatic heterocycles. The number of rotatable bonds is 6. The van der Waals surface area contributed by atoms with Gasteiger partial charge in [-0.15, -0.1) is 0 Å². The molecule has 76 heavy (non-hydrogen) atoms. The molecule has 9 unspecified atom stereocenters. The van der Waals surface area contributed by atoms with Gasteiger partial charge in [-0.1, -0.05) is 53.0 Å². The third-order valence-electron chi connectivity index (χ3n) is 18.6. The largest absolute Gasteiger partial charge is 0.504 e. The van der Waals surface area contributed by atoms with Gasteiger partial charge >= 0.3 is 0 Å². The highest BCUT2D eigenvalue weighted by Gasteiger charge is 2.59. The topological polar surface area (TPSA) is 177 Å². The highest BCUT2D eigenvalue weighted by Crippen LogP contribution is 2.61. The summed E-state index contributed by atoms with van der Waals surface area (Å²) < 4.78 is 31.2. The minimum atomic E-state index is -0.750. The van der Waals surface area contributed by atoms with Crippen LogP contribution in [-0.2, 0) is 64.1 Å². The Morgan fingerprint density at radius 1 is 0.461 bits per heavy atom. The molecule has 12 rings (SSSR count). The van der Waals surface area contributed by atoms with E-state index in [9.17, 15) is 29.7 Å². The van der Waals surface area contributed by atoms with Crippen molar-refractivity contribution in [3.8, 4) is 34.5 Å². The van der Waals surface area contributed by atoms with Gasteiger partial charge in [0.25, 0.3) is 0 Å². The number of phenolic OH excluding ortho intramolecular Hbond substituents is 3. The van der Waals surface area contributed by atoms with Crippen LogP contribution in [0.4, 0.5) is 0 Å². The highest BCUT2D eigenvalue weighted by atomic mass is 35.6. The van der Waals surface area contributed by atoms with E-state index in [-0.39, 0.29) is 68.6 Å². The van der Waals surface area contributed by atoms with E-state index in [2.05, 4.69) is 35.8 Å². The Morgan fingerprint density at radius 3 is 0.934 bits per heavy atom. The molecule has 3 aliphatic heterocycles. The molecule has 3 heterocycles. The van der Waals surface area contributed by atoms with E-state index in [0.29, 0.717) is 71.9 Å². The first-order valence-electron chi connectivity index (χ1n) is 25.9. The summed E-state index contributed by atoms with van der Waals surface area (Å²) in [4.78, 5) is 44.9. The lowest BCUT2D eigenvalue weighted by Crippen LogP contribution is -2.60. The number of halogens is 3. The van der Waals surface area contributed by atoms with Gasteiger partial charge in [-0.05, 0) is 132 Å². The number of allylic oxidation sites excluding steroid dienone is 3. The maximum absolute atomic E-state index is 12.6. The lowest BCUT2D eigenvalue weighted by molar-refractivity contribution is -0.123. The second-order valence-electron chi connectivity index (χ2n) is 21.8. The van der Waals surface area contributed by atoms with Crippen molar-refractivity contribution < 1.29 is 58.1 Å². The molecular formula is C58H70Cl3N3O12. The van der Waals surface area contributed by atoms with Gasteiger partial charge in [0.15, 0.2) is 73.4 Å². The van der Waals surface area contributed by atoms with Crippen LogP contribution < -0.4 is 14.2 Å². The first-order chi connectivity index (χ1) is 36.3. The van der Waals surface area contributed by atoms with E-state index < -0.39 is 4.30 Å². The fourth-order valence-corrected chi connectivity index (χ4v) is 15.1. The fraction of sp³-hybridized carbons (Fsp3) is 0.534. The number of hydrogen-bond donors (Lipinski definition) is 3. The molecule has 410 valence electrons. The van der Waals surface area contributed by atoms with Crippen LogP contribution >= 0.6 is 34.8 Å². The summed E-state index contributed by atoms with van der Waals surface area (Å²) in [6, 6.07) is 12.5. The maximum Gasteiger partial charge on any atom is 0.197 e. The van der Waals surface area contributed by atoms with E-state index in [1.807, 2.05) is 54.6 Å². The summed E-state index contributed by atoms with van der Waals surface area (Å²) in [6.45, 7) is 2.75. The minimum Gasteiger partial charge on any atom is -0.504 e. The Kier molecular flexibility index (Phi) is 15.8. The van der Waals surface area contributed by atoms with E-state index >= 15 is 0 Å². The SMILES string of the molecule is COC1=CC2C3Cc4ccc(OC)c(O)c4C2(CCN3C)CC1=O.COC1=CC2C3Cc4ccc(OC)c(O)c4C2(CCN3C)CC1=O.COC1=CC2C3Cc4ccc(OC)c(O)c4C2(CCN3C)CC1=O.ClC(Cl)Cl. The zero-order valence-electron chi connectivity index (χ0n) is 44.7. The summed E-state index contributed by atoms with van der Waals surface area (Å²) in [6.07, 6.45) is 12.2. The molecule has 3 aromatic carbocycles. The lowest BCUT2D eigenvalue weighted by atomic mass is 9.53. The Hall–Kier alpha value is -5.16. The van der Waals surface area contributed by atoms with Crippen LogP contribution in [0.3, 0.4) is 0 Å². The van der Waals surface area contributed by atoms with Gasteiger partial charge in [-0.25, -0.2) is 0 Å². The quantitative estimate of drug-likeness (QED) is 0.202. The first kappa shape index (κ1) is 55.6. The molecule has 18 heteroatoms. The third kappa shape index (κ3) is 9.08. The summed E-state index contributed by atoms with van der Waals surface area (Å²) >= 11 is 14.4. The second-order valence-corrected chi connectivity index (χ2v) is 23.7. The molecule has 9 aliphatic rings. The lowest BCUT2D eigenvalue weighted by Gasteiger charge is -2.56. The van der Waals surface area contributed by atoms with Crippen LogP contribution in [0.15, 0.2) is 71.9 Å². The number of likely N-dealkylation sites (N-methyl/N-ethyl adjacent to an activating group) is 3. The standard InChI is InChI=1S/3C19H23NO4.CHCl3/c3*1-20-7-6-19-10-14(21)16(24-3)9-12(19)13(20)8-11-4-5-15(23-2)18(22)17(11)19;2-1(3)4/h3*4-5,9,12-13,22H,6-8,10H2,1-3H3;1H. The van der Waals surface area contributed by atoms with E-state index in [0.717, 1.165) is 91.5 Å². The summed E-state index contributed by atoms with van der Waals surface area (Å²) in [5.74, 6) is 3.96. The van der Waals surface area contributed by atoms with E-state index in [1.165, 1.54) is 0 Å². The smallest absolute Gasteiger partial charge is 0.197 e. The molecule has 3 N–H and O–H groups in total. The maximum atomic E-state index is 12.6. The number of Topliss-reactive ketones (excluding diaryl/α,β-unsaturated/α-hetero) is 3. The van der Waals surface area contributed by atoms with Gasteiger partial charge in [0.05, 0.1) is 42.7 Å². The normalized spacial score (nSPS) is 30.6. The molecule has 6 bridgehead atoms. The number of methoxy groups -OCH3 is 6. The van der Waals surface area contributed by atoms with E-state index in [1.54, 1.807) is 42.7 Å². The van der Waals surface area contributed by atoms with Crippen LogP contribution in [0.2, 0.25) is 0 Å². The average Bonchev–Trinajstić information content (AvgIpc) is 3.54. The van der Waals surface area contributed by atoms with Crippen LogP contribution in [0, 0.1) is 17.8 Å². The van der Waals surface area contributed by atoms with E-state index in [4.69, 9.17) is 63.2 Å². The molecule has 0 saturated carbocycles. The molecule has 3 fully saturated rings. The van der Waals surface area contributed by atoms with Gasteiger partial charge in [-0.2, -0.15) is 0 Å². The molecule has 0 amide bonds. The van der Waals surface area contributed by atoms with Crippen molar-refractivity contribution in [2.75, 3.05) is 83.4 Å². The molecule has 6 aliphatic carbocycles. The number of benzene rings is 3. The van der Waals surface area contributed by atoms with Crippen LogP contribution in [0.5, 0.6) is 34.5 Å². The highest BCUT2D eigenvalue weighted by molar-refractivity contribution is 6.63. The van der Waals surface area contributed by atoms with Crippen molar-refractivity contribution in [3.05, 3.63) is 105 Å². The Balaban J connectivity index is 0.000000134. The van der Waals surface area contributed by atoms with Gasteiger partial charge in [0, 0.05) is 88.1 Å². The number of hydrogen-bond acceptors (Lipinski definition) is 15.